The van der Waals surface area contributed by atoms with Gasteiger partial charge in [0.25, 0.3) is 0 Å². The molecule has 0 fully saturated rings. The summed E-state index contributed by atoms with van der Waals surface area (Å²) in [5.41, 5.74) is 5.51. The molecule has 0 bridgehead atoms. The summed E-state index contributed by atoms with van der Waals surface area (Å²) < 4.78 is 26.8. The number of benzene rings is 2. The third-order valence-corrected chi connectivity index (χ3v) is 3.88. The monoisotopic (exact) mass is 289 g/mol. The fraction of sp³-hybridized carbons (Fsp3) is 0.333. The summed E-state index contributed by atoms with van der Waals surface area (Å²) >= 11 is 0. The molecule has 21 heavy (non-hydrogen) atoms. The van der Waals surface area contributed by atoms with E-state index in [1.165, 1.54) is 34.4 Å². The van der Waals surface area contributed by atoms with Gasteiger partial charge in [0.1, 0.15) is 11.6 Å². The van der Waals surface area contributed by atoms with E-state index in [1.54, 1.807) is 0 Å². The molecule has 3 heteroatoms. The van der Waals surface area contributed by atoms with Gasteiger partial charge in [0.05, 0.1) is 0 Å². The van der Waals surface area contributed by atoms with E-state index in [4.69, 9.17) is 0 Å². The van der Waals surface area contributed by atoms with Gasteiger partial charge in [-0.2, -0.15) is 0 Å². The van der Waals surface area contributed by atoms with Gasteiger partial charge >= 0.3 is 0 Å². The Kier molecular flexibility index (Phi) is 4.73. The van der Waals surface area contributed by atoms with Gasteiger partial charge in [-0.15, -0.1) is 0 Å². The lowest BCUT2D eigenvalue weighted by atomic mass is 9.91. The van der Waals surface area contributed by atoms with E-state index < -0.39 is 11.6 Å². The quantitative estimate of drug-likeness (QED) is 0.880. The lowest BCUT2D eigenvalue weighted by molar-refractivity contribution is 0.550. The first-order valence-corrected chi connectivity index (χ1v) is 7.10. The summed E-state index contributed by atoms with van der Waals surface area (Å²) in [6, 6.07) is 7.85. The number of rotatable bonds is 4. The largest absolute Gasteiger partial charge is 0.313 e. The third-order valence-electron chi connectivity index (χ3n) is 3.88. The van der Waals surface area contributed by atoms with E-state index in [0.29, 0.717) is 12.0 Å². The number of aryl methyl sites for hydroxylation is 3. The highest BCUT2D eigenvalue weighted by molar-refractivity contribution is 5.39. The smallest absolute Gasteiger partial charge is 0.126 e. The van der Waals surface area contributed by atoms with Crippen LogP contribution in [-0.2, 0) is 6.42 Å². The molecule has 0 aliphatic heterocycles. The molecule has 2 aromatic rings. The molecule has 0 amide bonds. The van der Waals surface area contributed by atoms with Gasteiger partial charge in [0.15, 0.2) is 0 Å². The van der Waals surface area contributed by atoms with E-state index in [1.807, 2.05) is 7.05 Å². The molecule has 0 aliphatic rings. The maximum absolute atomic E-state index is 13.4. The van der Waals surface area contributed by atoms with E-state index in [2.05, 4.69) is 38.2 Å². The second kappa shape index (κ2) is 6.35. The van der Waals surface area contributed by atoms with Crippen LogP contribution in [0.15, 0.2) is 30.3 Å². The van der Waals surface area contributed by atoms with Crippen LogP contribution in [0.1, 0.15) is 33.9 Å². The van der Waals surface area contributed by atoms with Gasteiger partial charge in [-0.25, -0.2) is 8.78 Å². The van der Waals surface area contributed by atoms with Crippen LogP contribution in [0.4, 0.5) is 8.78 Å². The molecule has 112 valence electrons. The number of hydrogen-bond donors (Lipinski definition) is 1. The van der Waals surface area contributed by atoms with Crippen molar-refractivity contribution >= 4 is 0 Å². The molecule has 0 spiro atoms. The highest BCUT2D eigenvalue weighted by Gasteiger charge is 2.15. The van der Waals surface area contributed by atoms with Crippen molar-refractivity contribution in [2.24, 2.45) is 0 Å². The Hall–Kier alpha value is -1.74. The van der Waals surface area contributed by atoms with Crippen LogP contribution in [-0.4, -0.2) is 7.05 Å². The minimum absolute atomic E-state index is 0.115. The second-order valence-electron chi connectivity index (χ2n) is 5.63. The van der Waals surface area contributed by atoms with Crippen molar-refractivity contribution in [3.63, 3.8) is 0 Å². The first-order chi connectivity index (χ1) is 9.90. The number of likely N-dealkylation sites (N-methyl/N-ethyl adjacent to an activating group) is 1. The Morgan fingerprint density at radius 3 is 1.90 bits per heavy atom. The summed E-state index contributed by atoms with van der Waals surface area (Å²) in [7, 11) is 1.81. The fourth-order valence-electron chi connectivity index (χ4n) is 2.90. The molecule has 1 N–H and O–H groups in total. The maximum Gasteiger partial charge on any atom is 0.126 e. The third kappa shape index (κ3) is 3.67. The number of nitrogens with one attached hydrogen (secondary N) is 1. The molecule has 1 unspecified atom stereocenters. The summed E-state index contributed by atoms with van der Waals surface area (Å²) in [6.45, 7) is 6.23. The van der Waals surface area contributed by atoms with Crippen molar-refractivity contribution in [2.75, 3.05) is 7.05 Å². The first kappa shape index (κ1) is 15.6. The van der Waals surface area contributed by atoms with Crippen molar-refractivity contribution in [1.82, 2.24) is 5.32 Å². The van der Waals surface area contributed by atoms with E-state index >= 15 is 0 Å². The van der Waals surface area contributed by atoms with Crippen LogP contribution in [0, 0.1) is 32.4 Å². The molecule has 0 heterocycles. The predicted molar refractivity (Wildman–Crippen MR) is 82.5 cm³/mol. The van der Waals surface area contributed by atoms with Gasteiger partial charge in [-0.3, -0.25) is 0 Å². The maximum atomic E-state index is 13.4. The SMILES string of the molecule is CNC(Cc1c(C)cc(C)cc1C)c1cc(F)cc(F)c1. The molecular weight excluding hydrogens is 268 g/mol. The molecule has 1 atom stereocenters. The Morgan fingerprint density at radius 2 is 1.43 bits per heavy atom. The molecular formula is C18H21F2N. The lowest BCUT2D eigenvalue weighted by Gasteiger charge is -2.20. The normalized spacial score (nSPS) is 12.5. The van der Waals surface area contributed by atoms with Crippen LogP contribution >= 0.6 is 0 Å². The van der Waals surface area contributed by atoms with Crippen LogP contribution < -0.4 is 5.32 Å². The summed E-state index contributed by atoms with van der Waals surface area (Å²) in [4.78, 5) is 0. The minimum Gasteiger partial charge on any atom is -0.313 e. The predicted octanol–water partition coefficient (Wildman–Crippen LogP) is 4.39. The van der Waals surface area contributed by atoms with E-state index in [9.17, 15) is 8.78 Å². The number of halogens is 2. The highest BCUT2D eigenvalue weighted by Crippen LogP contribution is 2.25. The highest BCUT2D eigenvalue weighted by atomic mass is 19.1. The Balaban J connectivity index is 2.35. The second-order valence-corrected chi connectivity index (χ2v) is 5.63. The van der Waals surface area contributed by atoms with E-state index in [0.717, 1.165) is 6.07 Å². The summed E-state index contributed by atoms with van der Waals surface area (Å²) in [5.74, 6) is -1.08. The van der Waals surface area contributed by atoms with Crippen molar-refractivity contribution in [2.45, 2.75) is 33.2 Å². The molecule has 2 rings (SSSR count). The van der Waals surface area contributed by atoms with Crippen molar-refractivity contribution < 1.29 is 8.78 Å². The van der Waals surface area contributed by atoms with Crippen LogP contribution in [0.5, 0.6) is 0 Å². The van der Waals surface area contributed by atoms with Crippen LogP contribution in [0.3, 0.4) is 0 Å². The van der Waals surface area contributed by atoms with Crippen molar-refractivity contribution in [1.29, 1.82) is 0 Å². The Morgan fingerprint density at radius 1 is 0.905 bits per heavy atom. The topological polar surface area (TPSA) is 12.0 Å². The van der Waals surface area contributed by atoms with Crippen molar-refractivity contribution in [3.05, 3.63) is 69.8 Å². The molecule has 0 radical (unpaired) electrons. The zero-order valence-corrected chi connectivity index (χ0v) is 12.9. The molecule has 0 aliphatic carbocycles. The van der Waals surface area contributed by atoms with Crippen molar-refractivity contribution in [3.8, 4) is 0 Å². The number of hydrogen-bond acceptors (Lipinski definition) is 1. The lowest BCUT2D eigenvalue weighted by Crippen LogP contribution is -2.20. The van der Waals surface area contributed by atoms with Crippen LogP contribution in [0.25, 0.3) is 0 Å². The summed E-state index contributed by atoms with van der Waals surface area (Å²) in [6.07, 6.45) is 0.706. The Bertz CT molecular complexity index is 606. The molecule has 1 nitrogen and oxygen atoms in total. The van der Waals surface area contributed by atoms with Gasteiger partial charge in [0, 0.05) is 12.1 Å². The zero-order chi connectivity index (χ0) is 15.6. The van der Waals surface area contributed by atoms with Gasteiger partial charge in [-0.05, 0) is 68.6 Å². The molecule has 0 saturated heterocycles. The molecule has 0 aromatic heterocycles. The molecule has 0 saturated carbocycles. The fourth-order valence-corrected chi connectivity index (χ4v) is 2.90. The zero-order valence-electron chi connectivity index (χ0n) is 12.9. The van der Waals surface area contributed by atoms with Gasteiger partial charge < -0.3 is 5.32 Å². The van der Waals surface area contributed by atoms with Crippen LogP contribution in [0.2, 0.25) is 0 Å². The average Bonchev–Trinajstić information content (AvgIpc) is 2.36. The summed E-state index contributed by atoms with van der Waals surface area (Å²) in [5, 5.41) is 3.16. The first-order valence-electron chi connectivity index (χ1n) is 7.10. The average molecular weight is 289 g/mol. The van der Waals surface area contributed by atoms with Gasteiger partial charge in [0.2, 0.25) is 0 Å². The minimum atomic E-state index is -0.539. The van der Waals surface area contributed by atoms with E-state index in [-0.39, 0.29) is 6.04 Å². The van der Waals surface area contributed by atoms with Gasteiger partial charge in [-0.1, -0.05) is 17.7 Å². The Labute approximate surface area is 125 Å². The standard InChI is InChI=1S/C18H21F2N/c1-11-5-12(2)17(13(3)6-11)10-18(21-4)14-7-15(19)9-16(20)8-14/h5-9,18,21H,10H2,1-4H3. The molecule has 2 aromatic carbocycles.